The second-order valence-electron chi connectivity index (χ2n) is 4.70. The van der Waals surface area contributed by atoms with E-state index in [0.29, 0.717) is 6.61 Å². The molecule has 0 aliphatic carbocycles. The molecule has 0 fully saturated rings. The minimum Gasteiger partial charge on any atom is -0.489 e. The summed E-state index contributed by atoms with van der Waals surface area (Å²) in [5.74, 6) is 0.919. The molecule has 0 bridgehead atoms. The maximum Gasteiger partial charge on any atom is 0.119 e. The molecule has 0 saturated heterocycles. The minimum atomic E-state index is 0.616. The largest absolute Gasteiger partial charge is 0.489 e. The Hall–Kier alpha value is -1.80. The molecule has 0 spiro atoms. The van der Waals surface area contributed by atoms with Crippen LogP contribution in [0.15, 0.2) is 48.5 Å². The lowest BCUT2D eigenvalue weighted by atomic mass is 10.1. The first-order valence-corrected chi connectivity index (χ1v) is 6.76. The van der Waals surface area contributed by atoms with Gasteiger partial charge in [-0.15, -0.1) is 0 Å². The van der Waals surface area contributed by atoms with E-state index in [1.165, 1.54) is 16.7 Å². The van der Waals surface area contributed by atoms with E-state index < -0.39 is 0 Å². The number of nitrogens with one attached hydrogen (secondary N) is 1. The Bertz CT molecular complexity index is 488. The van der Waals surface area contributed by atoms with Gasteiger partial charge in [-0.3, -0.25) is 0 Å². The van der Waals surface area contributed by atoms with Crippen LogP contribution in [0.1, 0.15) is 23.6 Å². The topological polar surface area (TPSA) is 21.3 Å². The highest BCUT2D eigenvalue weighted by atomic mass is 16.5. The number of benzene rings is 2. The SMILES string of the molecule is CCNCc1ccc(COc2ccc(C)cc2)cc1. The predicted octanol–water partition coefficient (Wildman–Crippen LogP) is 3.68. The highest BCUT2D eigenvalue weighted by Crippen LogP contribution is 2.14. The molecular formula is C17H21NO. The Kier molecular flexibility index (Phi) is 4.99. The van der Waals surface area contributed by atoms with E-state index in [-0.39, 0.29) is 0 Å². The number of ether oxygens (including phenoxy) is 1. The summed E-state index contributed by atoms with van der Waals surface area (Å²) >= 11 is 0. The van der Waals surface area contributed by atoms with Crippen molar-refractivity contribution in [2.45, 2.75) is 27.0 Å². The van der Waals surface area contributed by atoms with Gasteiger partial charge in [0, 0.05) is 6.54 Å². The lowest BCUT2D eigenvalue weighted by Gasteiger charge is -2.08. The van der Waals surface area contributed by atoms with Crippen LogP contribution in [0.2, 0.25) is 0 Å². The standard InChI is InChI=1S/C17H21NO/c1-3-18-12-15-6-8-16(9-7-15)13-19-17-10-4-14(2)5-11-17/h4-11,18H,3,12-13H2,1-2H3. The van der Waals surface area contributed by atoms with Gasteiger partial charge in [-0.05, 0) is 36.7 Å². The smallest absolute Gasteiger partial charge is 0.119 e. The first-order valence-electron chi connectivity index (χ1n) is 6.76. The number of hydrogen-bond donors (Lipinski definition) is 1. The highest BCUT2D eigenvalue weighted by Gasteiger charge is 1.97. The number of hydrogen-bond acceptors (Lipinski definition) is 2. The summed E-state index contributed by atoms with van der Waals surface area (Å²) in [7, 11) is 0. The summed E-state index contributed by atoms with van der Waals surface area (Å²) in [5.41, 5.74) is 3.75. The molecule has 2 aromatic rings. The van der Waals surface area contributed by atoms with Crippen LogP contribution in [0.4, 0.5) is 0 Å². The molecule has 0 unspecified atom stereocenters. The van der Waals surface area contributed by atoms with E-state index in [2.05, 4.69) is 55.6 Å². The van der Waals surface area contributed by atoms with E-state index in [9.17, 15) is 0 Å². The van der Waals surface area contributed by atoms with E-state index in [1.54, 1.807) is 0 Å². The molecule has 0 amide bonds. The molecule has 2 rings (SSSR count). The minimum absolute atomic E-state index is 0.616. The van der Waals surface area contributed by atoms with Crippen molar-refractivity contribution in [2.75, 3.05) is 6.54 Å². The average Bonchev–Trinajstić information content (AvgIpc) is 2.46. The zero-order chi connectivity index (χ0) is 13.5. The normalized spacial score (nSPS) is 10.4. The van der Waals surface area contributed by atoms with Crippen molar-refractivity contribution < 1.29 is 4.74 Å². The van der Waals surface area contributed by atoms with Crippen LogP contribution in [0.3, 0.4) is 0 Å². The van der Waals surface area contributed by atoms with E-state index in [4.69, 9.17) is 4.74 Å². The van der Waals surface area contributed by atoms with Crippen molar-refractivity contribution in [2.24, 2.45) is 0 Å². The van der Waals surface area contributed by atoms with Crippen LogP contribution >= 0.6 is 0 Å². The van der Waals surface area contributed by atoms with Crippen LogP contribution in [-0.2, 0) is 13.2 Å². The van der Waals surface area contributed by atoms with Crippen LogP contribution in [0, 0.1) is 6.92 Å². The fourth-order valence-corrected chi connectivity index (χ4v) is 1.82. The Labute approximate surface area is 115 Å². The molecule has 19 heavy (non-hydrogen) atoms. The summed E-state index contributed by atoms with van der Waals surface area (Å²) < 4.78 is 5.75. The number of aryl methyl sites for hydroxylation is 1. The molecule has 2 nitrogen and oxygen atoms in total. The predicted molar refractivity (Wildman–Crippen MR) is 79.3 cm³/mol. The summed E-state index contributed by atoms with van der Waals surface area (Å²) in [6.45, 7) is 6.73. The molecule has 0 aliphatic heterocycles. The van der Waals surface area contributed by atoms with E-state index in [0.717, 1.165) is 18.8 Å². The lowest BCUT2D eigenvalue weighted by Crippen LogP contribution is -2.11. The molecule has 0 atom stereocenters. The van der Waals surface area contributed by atoms with E-state index >= 15 is 0 Å². The van der Waals surface area contributed by atoms with Crippen molar-refractivity contribution in [1.82, 2.24) is 5.32 Å². The van der Waals surface area contributed by atoms with Crippen molar-refractivity contribution in [3.63, 3.8) is 0 Å². The molecule has 0 saturated carbocycles. The monoisotopic (exact) mass is 255 g/mol. The molecule has 0 aromatic heterocycles. The van der Waals surface area contributed by atoms with Crippen LogP contribution in [0.5, 0.6) is 5.75 Å². The number of rotatable bonds is 6. The van der Waals surface area contributed by atoms with Crippen LogP contribution in [-0.4, -0.2) is 6.54 Å². The second kappa shape index (κ2) is 6.95. The molecule has 2 heteroatoms. The summed E-state index contributed by atoms with van der Waals surface area (Å²) in [5, 5.41) is 3.32. The van der Waals surface area contributed by atoms with Crippen molar-refractivity contribution >= 4 is 0 Å². The second-order valence-corrected chi connectivity index (χ2v) is 4.70. The Balaban J connectivity index is 1.87. The third-order valence-corrected chi connectivity index (χ3v) is 3.03. The van der Waals surface area contributed by atoms with Gasteiger partial charge in [0.25, 0.3) is 0 Å². The van der Waals surface area contributed by atoms with Crippen molar-refractivity contribution in [3.05, 3.63) is 65.2 Å². The molecule has 100 valence electrons. The van der Waals surface area contributed by atoms with Gasteiger partial charge < -0.3 is 10.1 Å². The molecule has 0 aliphatic rings. The van der Waals surface area contributed by atoms with E-state index in [1.807, 2.05) is 12.1 Å². The van der Waals surface area contributed by atoms with Gasteiger partial charge >= 0.3 is 0 Å². The summed E-state index contributed by atoms with van der Waals surface area (Å²) in [6, 6.07) is 16.7. The fraction of sp³-hybridized carbons (Fsp3) is 0.294. The zero-order valence-electron chi connectivity index (χ0n) is 11.6. The lowest BCUT2D eigenvalue weighted by molar-refractivity contribution is 0.306. The van der Waals surface area contributed by atoms with Gasteiger partial charge in [-0.1, -0.05) is 48.9 Å². The quantitative estimate of drug-likeness (QED) is 0.850. The van der Waals surface area contributed by atoms with Crippen molar-refractivity contribution in [3.8, 4) is 5.75 Å². The van der Waals surface area contributed by atoms with Gasteiger partial charge in [0.15, 0.2) is 0 Å². The van der Waals surface area contributed by atoms with Gasteiger partial charge in [-0.25, -0.2) is 0 Å². The first-order chi connectivity index (χ1) is 9.28. The molecule has 0 heterocycles. The molecule has 2 aromatic carbocycles. The van der Waals surface area contributed by atoms with Crippen molar-refractivity contribution in [1.29, 1.82) is 0 Å². The van der Waals surface area contributed by atoms with Gasteiger partial charge in [0.1, 0.15) is 12.4 Å². The maximum atomic E-state index is 5.75. The first kappa shape index (κ1) is 13.6. The molecule has 1 N–H and O–H groups in total. The fourth-order valence-electron chi connectivity index (χ4n) is 1.82. The zero-order valence-corrected chi connectivity index (χ0v) is 11.6. The maximum absolute atomic E-state index is 5.75. The third kappa shape index (κ3) is 4.42. The Morgan fingerprint density at radius 1 is 0.895 bits per heavy atom. The molecule has 0 radical (unpaired) electrons. The summed E-state index contributed by atoms with van der Waals surface area (Å²) in [6.07, 6.45) is 0. The van der Waals surface area contributed by atoms with Gasteiger partial charge in [0.2, 0.25) is 0 Å². The van der Waals surface area contributed by atoms with Crippen LogP contribution in [0.25, 0.3) is 0 Å². The Morgan fingerprint density at radius 3 is 2.16 bits per heavy atom. The highest BCUT2D eigenvalue weighted by molar-refractivity contribution is 5.27. The third-order valence-electron chi connectivity index (χ3n) is 3.03. The van der Waals surface area contributed by atoms with Crippen LogP contribution < -0.4 is 10.1 Å². The summed E-state index contributed by atoms with van der Waals surface area (Å²) in [4.78, 5) is 0. The van der Waals surface area contributed by atoms with Gasteiger partial charge in [-0.2, -0.15) is 0 Å². The van der Waals surface area contributed by atoms with Gasteiger partial charge in [0.05, 0.1) is 0 Å². The Morgan fingerprint density at radius 2 is 1.53 bits per heavy atom. The average molecular weight is 255 g/mol. The molecular weight excluding hydrogens is 234 g/mol.